The highest BCUT2D eigenvalue weighted by Crippen LogP contribution is 2.20. The van der Waals surface area contributed by atoms with Gasteiger partial charge in [-0.15, -0.1) is 0 Å². The molecule has 0 aliphatic heterocycles. The third-order valence-corrected chi connectivity index (χ3v) is 2.33. The summed E-state index contributed by atoms with van der Waals surface area (Å²) in [7, 11) is 0. The Labute approximate surface area is 82.3 Å². The molecule has 0 saturated carbocycles. The van der Waals surface area contributed by atoms with Gasteiger partial charge in [0, 0.05) is 0 Å². The Kier molecular flexibility index (Phi) is 2.46. The van der Waals surface area contributed by atoms with Gasteiger partial charge in [-0.1, -0.05) is 24.3 Å². The molecule has 1 nitrogen and oxygen atoms in total. The van der Waals surface area contributed by atoms with Crippen molar-refractivity contribution in [2.45, 2.75) is 6.42 Å². The van der Waals surface area contributed by atoms with E-state index in [-0.39, 0.29) is 5.82 Å². The smallest absolute Gasteiger partial charge is 0.124 e. The summed E-state index contributed by atoms with van der Waals surface area (Å²) in [5, 5.41) is 2.04. The van der Waals surface area contributed by atoms with Crippen LogP contribution >= 0.6 is 0 Å². The van der Waals surface area contributed by atoms with E-state index in [9.17, 15) is 4.39 Å². The Morgan fingerprint density at radius 1 is 1.14 bits per heavy atom. The van der Waals surface area contributed by atoms with Gasteiger partial charge >= 0.3 is 0 Å². The first-order valence-corrected chi connectivity index (χ1v) is 4.68. The predicted molar refractivity (Wildman–Crippen MR) is 56.7 cm³/mol. The monoisotopic (exact) mass is 189 g/mol. The lowest BCUT2D eigenvalue weighted by atomic mass is 10.0. The molecule has 0 aromatic heterocycles. The van der Waals surface area contributed by atoms with Crippen LogP contribution in [0.5, 0.6) is 0 Å². The van der Waals surface area contributed by atoms with Crippen LogP contribution in [0.2, 0.25) is 0 Å². The number of hydrogen-bond acceptors (Lipinski definition) is 1. The Hall–Kier alpha value is -1.41. The van der Waals surface area contributed by atoms with E-state index < -0.39 is 0 Å². The van der Waals surface area contributed by atoms with E-state index in [1.807, 2.05) is 24.3 Å². The molecule has 0 spiro atoms. The summed E-state index contributed by atoms with van der Waals surface area (Å²) in [5.74, 6) is -0.188. The summed E-state index contributed by atoms with van der Waals surface area (Å²) >= 11 is 0. The van der Waals surface area contributed by atoms with Crippen molar-refractivity contribution in [2.75, 3.05) is 6.54 Å². The summed E-state index contributed by atoms with van der Waals surface area (Å²) in [6.07, 6.45) is 0.721. The van der Waals surface area contributed by atoms with E-state index in [1.165, 1.54) is 0 Å². The molecule has 72 valence electrons. The summed E-state index contributed by atoms with van der Waals surface area (Å²) in [6.45, 7) is 0.549. The van der Waals surface area contributed by atoms with Gasteiger partial charge in [-0.05, 0) is 41.4 Å². The molecule has 0 aliphatic rings. The van der Waals surface area contributed by atoms with Crippen LogP contribution in [0.1, 0.15) is 5.56 Å². The van der Waals surface area contributed by atoms with E-state index >= 15 is 0 Å². The minimum Gasteiger partial charge on any atom is -0.330 e. The van der Waals surface area contributed by atoms with Gasteiger partial charge in [0.2, 0.25) is 0 Å². The van der Waals surface area contributed by atoms with E-state index in [4.69, 9.17) is 5.73 Å². The van der Waals surface area contributed by atoms with Crippen molar-refractivity contribution in [3.63, 3.8) is 0 Å². The molecule has 0 bridgehead atoms. The second-order valence-corrected chi connectivity index (χ2v) is 3.32. The number of halogens is 1. The van der Waals surface area contributed by atoms with Crippen molar-refractivity contribution in [3.8, 4) is 0 Å². The van der Waals surface area contributed by atoms with Crippen LogP contribution in [0.15, 0.2) is 36.4 Å². The lowest BCUT2D eigenvalue weighted by molar-refractivity contribution is 0.627. The van der Waals surface area contributed by atoms with Crippen molar-refractivity contribution < 1.29 is 4.39 Å². The first-order chi connectivity index (χ1) is 6.81. The second kappa shape index (κ2) is 3.76. The van der Waals surface area contributed by atoms with Gasteiger partial charge in [-0.3, -0.25) is 0 Å². The highest BCUT2D eigenvalue weighted by Gasteiger charge is 2.02. The van der Waals surface area contributed by atoms with Crippen molar-refractivity contribution in [1.29, 1.82) is 0 Å². The molecule has 0 atom stereocenters. The minimum atomic E-state index is -0.188. The van der Waals surface area contributed by atoms with E-state index in [0.29, 0.717) is 6.54 Å². The van der Waals surface area contributed by atoms with Crippen LogP contribution in [0.3, 0.4) is 0 Å². The maximum Gasteiger partial charge on any atom is 0.124 e. The highest BCUT2D eigenvalue weighted by atomic mass is 19.1. The number of hydrogen-bond donors (Lipinski definition) is 1. The standard InChI is InChI=1S/C12H12FN/c13-11-7-9-3-1-2-4-12(9)10(8-11)5-6-14/h1-4,7-8H,5-6,14H2. The average molecular weight is 189 g/mol. The fourth-order valence-electron chi connectivity index (χ4n) is 1.71. The molecular formula is C12H12FN. The average Bonchev–Trinajstić information content (AvgIpc) is 2.18. The number of rotatable bonds is 2. The summed E-state index contributed by atoms with van der Waals surface area (Å²) in [6, 6.07) is 10.9. The molecule has 0 fully saturated rings. The van der Waals surface area contributed by atoms with E-state index in [1.54, 1.807) is 12.1 Å². The summed E-state index contributed by atoms with van der Waals surface area (Å²) in [5.41, 5.74) is 6.47. The molecule has 0 unspecified atom stereocenters. The highest BCUT2D eigenvalue weighted by molar-refractivity contribution is 5.85. The Balaban J connectivity index is 2.67. The van der Waals surface area contributed by atoms with Crippen LogP contribution in [0.4, 0.5) is 4.39 Å². The predicted octanol–water partition coefficient (Wildman–Crippen LogP) is 2.48. The molecule has 14 heavy (non-hydrogen) atoms. The summed E-state index contributed by atoms with van der Waals surface area (Å²) < 4.78 is 13.2. The first kappa shape index (κ1) is 9.16. The van der Waals surface area contributed by atoms with Crippen LogP contribution in [0, 0.1) is 5.82 Å². The Morgan fingerprint density at radius 3 is 2.71 bits per heavy atom. The van der Waals surface area contributed by atoms with Gasteiger partial charge in [-0.25, -0.2) is 4.39 Å². The third kappa shape index (κ3) is 1.61. The molecule has 0 amide bonds. The van der Waals surface area contributed by atoms with Gasteiger partial charge < -0.3 is 5.73 Å². The van der Waals surface area contributed by atoms with E-state index in [0.717, 1.165) is 22.8 Å². The molecule has 2 aromatic rings. The SMILES string of the molecule is NCCc1cc(F)cc2ccccc12. The maximum atomic E-state index is 13.2. The molecule has 2 heteroatoms. The molecule has 0 radical (unpaired) electrons. The lowest BCUT2D eigenvalue weighted by Crippen LogP contribution is -2.03. The van der Waals surface area contributed by atoms with Crippen molar-refractivity contribution in [1.82, 2.24) is 0 Å². The fraction of sp³-hybridized carbons (Fsp3) is 0.167. The number of nitrogens with two attached hydrogens (primary N) is 1. The Morgan fingerprint density at radius 2 is 1.93 bits per heavy atom. The quantitative estimate of drug-likeness (QED) is 0.771. The minimum absolute atomic E-state index is 0.188. The van der Waals surface area contributed by atoms with Gasteiger partial charge in [0.1, 0.15) is 5.82 Å². The number of fused-ring (bicyclic) bond motifs is 1. The zero-order valence-corrected chi connectivity index (χ0v) is 7.83. The largest absolute Gasteiger partial charge is 0.330 e. The van der Waals surface area contributed by atoms with Crippen LogP contribution < -0.4 is 5.73 Å². The van der Waals surface area contributed by atoms with Crippen LogP contribution in [0.25, 0.3) is 10.8 Å². The van der Waals surface area contributed by atoms with Gasteiger partial charge in [0.05, 0.1) is 0 Å². The Bertz CT molecular complexity index is 451. The second-order valence-electron chi connectivity index (χ2n) is 3.32. The van der Waals surface area contributed by atoms with Gasteiger partial charge in [0.15, 0.2) is 0 Å². The molecule has 2 rings (SSSR count). The first-order valence-electron chi connectivity index (χ1n) is 4.68. The molecule has 2 aromatic carbocycles. The molecule has 0 saturated heterocycles. The van der Waals surface area contributed by atoms with Crippen molar-refractivity contribution in [2.24, 2.45) is 5.73 Å². The lowest BCUT2D eigenvalue weighted by Gasteiger charge is -2.05. The molecule has 2 N–H and O–H groups in total. The summed E-state index contributed by atoms with van der Waals surface area (Å²) in [4.78, 5) is 0. The maximum absolute atomic E-state index is 13.2. The fourth-order valence-corrected chi connectivity index (χ4v) is 1.71. The van der Waals surface area contributed by atoms with Gasteiger partial charge in [-0.2, -0.15) is 0 Å². The van der Waals surface area contributed by atoms with Crippen molar-refractivity contribution >= 4 is 10.8 Å². The molecule has 0 heterocycles. The van der Waals surface area contributed by atoms with Gasteiger partial charge in [0.25, 0.3) is 0 Å². The molecule has 0 aliphatic carbocycles. The van der Waals surface area contributed by atoms with Crippen molar-refractivity contribution in [3.05, 3.63) is 47.8 Å². The number of benzene rings is 2. The topological polar surface area (TPSA) is 26.0 Å². The third-order valence-electron chi connectivity index (χ3n) is 2.33. The zero-order valence-electron chi connectivity index (χ0n) is 7.83. The zero-order chi connectivity index (χ0) is 9.97. The van der Waals surface area contributed by atoms with Crippen LogP contribution in [-0.4, -0.2) is 6.54 Å². The van der Waals surface area contributed by atoms with E-state index in [2.05, 4.69) is 0 Å². The normalized spacial score (nSPS) is 10.7. The van der Waals surface area contributed by atoms with Crippen LogP contribution in [-0.2, 0) is 6.42 Å². The molecular weight excluding hydrogens is 177 g/mol.